The Morgan fingerprint density at radius 2 is 2.29 bits per heavy atom. The highest BCUT2D eigenvalue weighted by Crippen LogP contribution is 2.27. The van der Waals surface area contributed by atoms with Crippen LogP contribution >= 0.6 is 0 Å². The van der Waals surface area contributed by atoms with Gasteiger partial charge in [-0.05, 0) is 35.4 Å². The number of hydrogen-bond donors (Lipinski definition) is 2. The number of nitrogens with zero attached hydrogens (tertiary/aromatic N) is 1. The summed E-state index contributed by atoms with van der Waals surface area (Å²) in [6, 6.07) is 12.7. The van der Waals surface area contributed by atoms with E-state index in [2.05, 4.69) is 16.0 Å². The molecule has 0 unspecified atom stereocenters. The van der Waals surface area contributed by atoms with E-state index in [9.17, 15) is 0 Å². The molecule has 0 aliphatic carbocycles. The van der Waals surface area contributed by atoms with E-state index in [0.29, 0.717) is 0 Å². The lowest BCUT2D eigenvalue weighted by Gasteiger charge is -2.01. The largest absolute Gasteiger partial charge is 0.392 e. The van der Waals surface area contributed by atoms with Crippen LogP contribution in [0.25, 0.3) is 22.2 Å². The van der Waals surface area contributed by atoms with Crippen LogP contribution in [0, 0.1) is 6.07 Å². The second kappa shape index (κ2) is 4.03. The van der Waals surface area contributed by atoms with Crippen molar-refractivity contribution in [3.05, 3.63) is 54.4 Å². The highest BCUT2D eigenvalue weighted by atomic mass is 16.3. The summed E-state index contributed by atoms with van der Waals surface area (Å²) >= 11 is 0. The molecule has 0 spiro atoms. The quantitative estimate of drug-likeness (QED) is 0.701. The fourth-order valence-corrected chi connectivity index (χ4v) is 1.95. The molecular weight excluding hydrogens is 212 g/mol. The van der Waals surface area contributed by atoms with Crippen LogP contribution in [0.2, 0.25) is 0 Å². The maximum absolute atomic E-state index is 9.14. The predicted octanol–water partition coefficient (Wildman–Crippen LogP) is 2.52. The molecule has 0 fully saturated rings. The number of aliphatic hydroxyl groups is 1. The molecule has 17 heavy (non-hydrogen) atoms. The van der Waals surface area contributed by atoms with Crippen LogP contribution in [0.15, 0.2) is 42.7 Å². The number of fused-ring (bicyclic) bond motifs is 1. The van der Waals surface area contributed by atoms with Gasteiger partial charge in [-0.2, -0.15) is 0 Å². The zero-order valence-electron chi connectivity index (χ0n) is 9.14. The van der Waals surface area contributed by atoms with Gasteiger partial charge >= 0.3 is 0 Å². The Balaban J connectivity index is 2.20. The van der Waals surface area contributed by atoms with E-state index >= 15 is 0 Å². The van der Waals surface area contributed by atoms with Gasteiger partial charge in [-0.3, -0.25) is 0 Å². The van der Waals surface area contributed by atoms with Gasteiger partial charge in [-0.1, -0.05) is 12.1 Å². The van der Waals surface area contributed by atoms with Gasteiger partial charge in [-0.25, -0.2) is 4.98 Å². The first-order valence-corrected chi connectivity index (χ1v) is 5.42. The van der Waals surface area contributed by atoms with Crippen molar-refractivity contribution < 1.29 is 5.11 Å². The zero-order valence-corrected chi connectivity index (χ0v) is 9.14. The lowest BCUT2D eigenvalue weighted by molar-refractivity contribution is 0.282. The van der Waals surface area contributed by atoms with Crippen molar-refractivity contribution in [1.29, 1.82) is 0 Å². The molecule has 1 radical (unpaired) electrons. The van der Waals surface area contributed by atoms with Crippen LogP contribution in [0.1, 0.15) is 5.56 Å². The number of benzene rings is 1. The van der Waals surface area contributed by atoms with Crippen molar-refractivity contribution in [3.63, 3.8) is 0 Å². The fourth-order valence-electron chi connectivity index (χ4n) is 1.95. The molecule has 0 saturated heterocycles. The SMILES string of the molecule is OCc1cc[c]c(-c2c[nH]c3ncccc23)c1. The first kappa shape index (κ1) is 10.1. The molecular formula is C14H11N2O. The van der Waals surface area contributed by atoms with Gasteiger partial charge in [0.15, 0.2) is 0 Å². The van der Waals surface area contributed by atoms with Crippen molar-refractivity contribution in [2.24, 2.45) is 0 Å². The summed E-state index contributed by atoms with van der Waals surface area (Å²) < 4.78 is 0. The summed E-state index contributed by atoms with van der Waals surface area (Å²) in [6.45, 7) is 0.0439. The van der Waals surface area contributed by atoms with Crippen LogP contribution in [0.5, 0.6) is 0 Å². The smallest absolute Gasteiger partial charge is 0.137 e. The van der Waals surface area contributed by atoms with Gasteiger partial charge in [-0.15, -0.1) is 0 Å². The Morgan fingerprint density at radius 1 is 1.35 bits per heavy atom. The van der Waals surface area contributed by atoms with Crippen LogP contribution in [-0.2, 0) is 6.61 Å². The number of nitrogens with one attached hydrogen (secondary N) is 1. The monoisotopic (exact) mass is 223 g/mol. The molecule has 83 valence electrons. The average Bonchev–Trinajstić information content (AvgIpc) is 2.82. The molecule has 2 aromatic heterocycles. The van der Waals surface area contributed by atoms with Gasteiger partial charge in [0, 0.05) is 23.3 Å². The second-order valence-corrected chi connectivity index (χ2v) is 3.87. The molecule has 3 aromatic rings. The van der Waals surface area contributed by atoms with Crippen LogP contribution < -0.4 is 0 Å². The molecule has 0 bridgehead atoms. The minimum absolute atomic E-state index is 0.0439. The van der Waals surface area contributed by atoms with Gasteiger partial charge in [0.1, 0.15) is 5.65 Å². The molecule has 0 aliphatic heterocycles. The zero-order chi connectivity index (χ0) is 11.7. The van der Waals surface area contributed by atoms with Crippen molar-refractivity contribution in [2.75, 3.05) is 0 Å². The first-order valence-electron chi connectivity index (χ1n) is 5.42. The van der Waals surface area contributed by atoms with Gasteiger partial charge < -0.3 is 10.1 Å². The number of H-pyrrole nitrogens is 1. The molecule has 0 atom stereocenters. The third-order valence-corrected chi connectivity index (χ3v) is 2.79. The maximum Gasteiger partial charge on any atom is 0.137 e. The first-order chi connectivity index (χ1) is 8.38. The Kier molecular flexibility index (Phi) is 2.38. The molecule has 2 heterocycles. The van der Waals surface area contributed by atoms with Crippen molar-refractivity contribution in [3.8, 4) is 11.1 Å². The summed E-state index contributed by atoms with van der Waals surface area (Å²) in [4.78, 5) is 7.38. The van der Waals surface area contributed by atoms with Crippen molar-refractivity contribution >= 4 is 11.0 Å². The molecule has 3 nitrogen and oxygen atoms in total. The van der Waals surface area contributed by atoms with E-state index in [4.69, 9.17) is 5.11 Å². The summed E-state index contributed by atoms with van der Waals surface area (Å²) in [5.74, 6) is 0. The molecule has 0 saturated carbocycles. The molecule has 2 N–H and O–H groups in total. The number of hydrogen-bond acceptors (Lipinski definition) is 2. The number of aliphatic hydroxyl groups excluding tert-OH is 1. The fraction of sp³-hybridized carbons (Fsp3) is 0.0714. The standard InChI is InChI=1S/C14H11N2O/c17-9-10-3-1-4-11(7-10)13-8-16-14-12(13)5-2-6-15-14/h1-3,5-8,17H,9H2,(H,15,16). The number of rotatable bonds is 2. The predicted molar refractivity (Wildman–Crippen MR) is 66.3 cm³/mol. The topological polar surface area (TPSA) is 48.9 Å². The molecule has 3 rings (SSSR count). The van der Waals surface area contributed by atoms with Crippen molar-refractivity contribution in [1.82, 2.24) is 9.97 Å². The van der Waals surface area contributed by atoms with E-state index in [1.165, 1.54) is 0 Å². The second-order valence-electron chi connectivity index (χ2n) is 3.87. The number of pyridine rings is 1. The minimum atomic E-state index is 0.0439. The molecule has 0 amide bonds. The van der Waals surface area contributed by atoms with E-state index in [0.717, 1.165) is 27.7 Å². The minimum Gasteiger partial charge on any atom is -0.392 e. The van der Waals surface area contributed by atoms with E-state index in [1.54, 1.807) is 6.20 Å². The Hall–Kier alpha value is -2.13. The van der Waals surface area contributed by atoms with Gasteiger partial charge in [0.05, 0.1) is 6.61 Å². The number of aromatic amines is 1. The van der Waals surface area contributed by atoms with Crippen LogP contribution in [-0.4, -0.2) is 15.1 Å². The molecule has 1 aromatic carbocycles. The summed E-state index contributed by atoms with van der Waals surface area (Å²) in [5, 5.41) is 10.2. The highest BCUT2D eigenvalue weighted by Gasteiger charge is 2.06. The Bertz CT molecular complexity index is 658. The number of aromatic nitrogens is 2. The summed E-state index contributed by atoms with van der Waals surface area (Å²) in [7, 11) is 0. The third kappa shape index (κ3) is 1.70. The normalized spacial score (nSPS) is 10.9. The van der Waals surface area contributed by atoms with Crippen LogP contribution in [0.4, 0.5) is 0 Å². The van der Waals surface area contributed by atoms with E-state index in [-0.39, 0.29) is 6.61 Å². The maximum atomic E-state index is 9.14. The van der Waals surface area contributed by atoms with E-state index in [1.807, 2.05) is 36.5 Å². The highest BCUT2D eigenvalue weighted by molar-refractivity contribution is 5.93. The third-order valence-electron chi connectivity index (χ3n) is 2.79. The average molecular weight is 223 g/mol. The Labute approximate surface area is 98.8 Å². The lowest BCUT2D eigenvalue weighted by atomic mass is 10.0. The van der Waals surface area contributed by atoms with Gasteiger partial charge in [0.2, 0.25) is 0 Å². The van der Waals surface area contributed by atoms with Crippen LogP contribution in [0.3, 0.4) is 0 Å². The Morgan fingerprint density at radius 3 is 3.18 bits per heavy atom. The molecule has 0 aliphatic rings. The van der Waals surface area contributed by atoms with Crippen molar-refractivity contribution in [2.45, 2.75) is 6.61 Å². The molecule has 3 heteroatoms. The van der Waals surface area contributed by atoms with Gasteiger partial charge in [0.25, 0.3) is 0 Å². The lowest BCUT2D eigenvalue weighted by Crippen LogP contribution is -1.84. The van der Waals surface area contributed by atoms with E-state index < -0.39 is 0 Å². The summed E-state index contributed by atoms with van der Waals surface area (Å²) in [6.07, 6.45) is 3.68. The summed E-state index contributed by atoms with van der Waals surface area (Å²) in [5.41, 5.74) is 3.78.